The van der Waals surface area contributed by atoms with E-state index in [1.807, 2.05) is 0 Å². The molecule has 0 aliphatic carbocycles. The van der Waals surface area contributed by atoms with E-state index in [2.05, 4.69) is 32.6 Å². The van der Waals surface area contributed by atoms with Crippen molar-refractivity contribution >= 4 is 51.8 Å². The molecule has 1 aromatic carbocycles. The zero-order valence-corrected chi connectivity index (χ0v) is 10.5. The lowest BCUT2D eigenvalue weighted by molar-refractivity contribution is 1.37. The van der Waals surface area contributed by atoms with Crippen LogP contribution in [0.4, 0.5) is 5.69 Å². The molecule has 0 aromatic heterocycles. The predicted molar refractivity (Wildman–Crippen MR) is 71.3 cm³/mol. The minimum absolute atomic E-state index is 0.00948. The van der Waals surface area contributed by atoms with E-state index in [4.69, 9.17) is 28.8 Å². The highest BCUT2D eigenvalue weighted by Gasteiger charge is 1.99. The highest BCUT2D eigenvalue weighted by atomic mass is 127. The maximum Gasteiger partial charge on any atom is 0.223 e. The first-order chi connectivity index (χ1) is 6.99. The second-order valence-electron chi connectivity index (χ2n) is 2.60. The van der Waals surface area contributed by atoms with Crippen LogP contribution in [0.5, 0.6) is 0 Å². The average Bonchev–Trinajstić information content (AvgIpc) is 2.08. The first kappa shape index (κ1) is 12.1. The molecule has 80 valence electrons. The van der Waals surface area contributed by atoms with Crippen LogP contribution < -0.4 is 17.2 Å². The second-order valence-corrected chi connectivity index (χ2v) is 4.20. The lowest BCUT2D eigenvalue weighted by Gasteiger charge is -1.99. The number of rotatable bonds is 1. The van der Waals surface area contributed by atoms with E-state index >= 15 is 0 Å². The van der Waals surface area contributed by atoms with Gasteiger partial charge in [-0.25, -0.2) is 4.99 Å². The van der Waals surface area contributed by atoms with Crippen LogP contribution in [0.3, 0.4) is 0 Å². The zero-order chi connectivity index (χ0) is 11.4. The van der Waals surface area contributed by atoms with E-state index in [-0.39, 0.29) is 11.9 Å². The number of aliphatic imine (C=N–C) groups is 2. The molecule has 1 rings (SSSR count). The Bertz CT molecular complexity index is 425. The summed E-state index contributed by atoms with van der Waals surface area (Å²) < 4.78 is 0.869. The number of hydrogen-bond donors (Lipinski definition) is 3. The van der Waals surface area contributed by atoms with Crippen molar-refractivity contribution in [2.45, 2.75) is 0 Å². The molecule has 0 aliphatic heterocycles. The lowest BCUT2D eigenvalue weighted by atomic mass is 10.3. The molecule has 0 bridgehead atoms. The SMILES string of the molecule is NC(N)=NC(N)=Nc1ccc(Cl)cc1I. The van der Waals surface area contributed by atoms with Gasteiger partial charge in [0, 0.05) is 8.59 Å². The van der Waals surface area contributed by atoms with Crippen molar-refractivity contribution in [2.24, 2.45) is 27.2 Å². The summed E-state index contributed by atoms with van der Waals surface area (Å²) in [4.78, 5) is 7.62. The predicted octanol–water partition coefficient (Wildman–Crippen LogP) is 1.16. The maximum absolute atomic E-state index is 5.79. The molecule has 6 N–H and O–H groups in total. The molecule has 0 fully saturated rings. The van der Waals surface area contributed by atoms with E-state index in [9.17, 15) is 0 Å². The summed E-state index contributed by atoms with van der Waals surface area (Å²) in [5.41, 5.74) is 16.5. The molecule has 0 atom stereocenters. The van der Waals surface area contributed by atoms with Gasteiger partial charge in [-0.2, -0.15) is 4.99 Å². The normalized spacial score (nSPS) is 11.2. The topological polar surface area (TPSA) is 103 Å². The zero-order valence-electron chi connectivity index (χ0n) is 7.61. The second kappa shape index (κ2) is 5.17. The van der Waals surface area contributed by atoms with Gasteiger partial charge in [0.1, 0.15) is 0 Å². The molecule has 7 heteroatoms. The van der Waals surface area contributed by atoms with Crippen molar-refractivity contribution in [1.29, 1.82) is 0 Å². The van der Waals surface area contributed by atoms with E-state index in [1.165, 1.54) is 0 Å². The minimum Gasteiger partial charge on any atom is -0.370 e. The van der Waals surface area contributed by atoms with Gasteiger partial charge in [-0.3, -0.25) is 0 Å². The molecule has 0 radical (unpaired) electrons. The Morgan fingerprint density at radius 3 is 2.47 bits per heavy atom. The summed E-state index contributed by atoms with van der Waals surface area (Å²) in [6.45, 7) is 0. The van der Waals surface area contributed by atoms with Gasteiger partial charge in [-0.1, -0.05) is 11.6 Å². The van der Waals surface area contributed by atoms with Crippen LogP contribution in [0, 0.1) is 3.57 Å². The van der Waals surface area contributed by atoms with Crippen molar-refractivity contribution in [3.05, 3.63) is 26.8 Å². The van der Waals surface area contributed by atoms with E-state index in [0.717, 1.165) is 3.57 Å². The van der Waals surface area contributed by atoms with Crippen LogP contribution in [0.1, 0.15) is 0 Å². The fraction of sp³-hybridized carbons (Fsp3) is 0. The lowest BCUT2D eigenvalue weighted by Crippen LogP contribution is -2.26. The Balaban J connectivity index is 3.03. The maximum atomic E-state index is 5.79. The van der Waals surface area contributed by atoms with Gasteiger partial charge in [-0.15, -0.1) is 0 Å². The van der Waals surface area contributed by atoms with Gasteiger partial charge >= 0.3 is 0 Å². The number of halogens is 2. The summed E-state index contributed by atoms with van der Waals surface area (Å²) in [6.07, 6.45) is 0. The summed E-state index contributed by atoms with van der Waals surface area (Å²) in [5, 5.41) is 0.638. The summed E-state index contributed by atoms with van der Waals surface area (Å²) in [5.74, 6) is -0.115. The van der Waals surface area contributed by atoms with Gasteiger partial charge in [0.05, 0.1) is 5.69 Å². The molecule has 0 amide bonds. The molecular weight excluding hydrogens is 328 g/mol. The first-order valence-electron chi connectivity index (χ1n) is 3.88. The van der Waals surface area contributed by atoms with E-state index in [1.54, 1.807) is 18.2 Å². The molecule has 0 aliphatic rings. The van der Waals surface area contributed by atoms with Crippen molar-refractivity contribution in [3.63, 3.8) is 0 Å². The monoisotopic (exact) mass is 337 g/mol. The molecule has 0 heterocycles. The van der Waals surface area contributed by atoms with Crippen LogP contribution in [-0.2, 0) is 0 Å². The Hall–Kier alpha value is -1.02. The molecule has 0 unspecified atom stereocenters. The first-order valence-corrected chi connectivity index (χ1v) is 5.33. The van der Waals surface area contributed by atoms with Crippen LogP contribution in [0.2, 0.25) is 5.02 Å². The van der Waals surface area contributed by atoms with Crippen molar-refractivity contribution in [2.75, 3.05) is 0 Å². The van der Waals surface area contributed by atoms with Gasteiger partial charge in [-0.05, 0) is 40.8 Å². The third kappa shape index (κ3) is 3.92. The van der Waals surface area contributed by atoms with Crippen LogP contribution in [0.15, 0.2) is 28.2 Å². The third-order valence-corrected chi connectivity index (χ3v) is 2.49. The average molecular weight is 338 g/mol. The number of benzene rings is 1. The van der Waals surface area contributed by atoms with Crippen LogP contribution in [0.25, 0.3) is 0 Å². The Morgan fingerprint density at radius 2 is 1.93 bits per heavy atom. The molecule has 1 aromatic rings. The van der Waals surface area contributed by atoms with E-state index in [0.29, 0.717) is 10.7 Å². The van der Waals surface area contributed by atoms with Gasteiger partial charge < -0.3 is 17.2 Å². The number of guanidine groups is 2. The Morgan fingerprint density at radius 1 is 1.27 bits per heavy atom. The molecule has 0 spiro atoms. The van der Waals surface area contributed by atoms with Gasteiger partial charge in [0.25, 0.3) is 0 Å². The molecule has 5 nitrogen and oxygen atoms in total. The third-order valence-electron chi connectivity index (χ3n) is 1.39. The van der Waals surface area contributed by atoms with E-state index < -0.39 is 0 Å². The quantitative estimate of drug-likeness (QED) is 0.407. The van der Waals surface area contributed by atoms with Crippen molar-refractivity contribution in [3.8, 4) is 0 Å². The standard InChI is InChI=1S/C8H9ClIN5/c9-4-1-2-6(5(10)3-4)14-8(13)15-7(11)12/h1-3H,(H6,11,12,13,14,15). The number of nitrogens with two attached hydrogens (primary N) is 3. The Kier molecular flexibility index (Phi) is 4.15. The molecular formula is C8H9ClIN5. The molecule has 0 saturated carbocycles. The molecule has 15 heavy (non-hydrogen) atoms. The summed E-state index contributed by atoms with van der Waals surface area (Å²) in [6, 6.07) is 5.22. The Labute approximate surface area is 106 Å². The van der Waals surface area contributed by atoms with Crippen molar-refractivity contribution < 1.29 is 0 Å². The fourth-order valence-corrected chi connectivity index (χ4v) is 1.84. The largest absolute Gasteiger partial charge is 0.370 e. The molecule has 0 saturated heterocycles. The smallest absolute Gasteiger partial charge is 0.223 e. The number of nitrogens with zero attached hydrogens (tertiary/aromatic N) is 2. The number of hydrogen-bond acceptors (Lipinski definition) is 1. The minimum atomic E-state index is -0.125. The van der Waals surface area contributed by atoms with Crippen LogP contribution in [-0.4, -0.2) is 11.9 Å². The van der Waals surface area contributed by atoms with Crippen molar-refractivity contribution in [1.82, 2.24) is 0 Å². The highest BCUT2D eigenvalue weighted by Crippen LogP contribution is 2.24. The summed E-state index contributed by atoms with van der Waals surface area (Å²) in [7, 11) is 0. The highest BCUT2D eigenvalue weighted by molar-refractivity contribution is 14.1. The fourth-order valence-electron chi connectivity index (χ4n) is 0.853. The summed E-state index contributed by atoms with van der Waals surface area (Å²) >= 11 is 7.88. The van der Waals surface area contributed by atoms with Gasteiger partial charge in [0.2, 0.25) is 5.96 Å². The van der Waals surface area contributed by atoms with Gasteiger partial charge in [0.15, 0.2) is 5.96 Å². The van der Waals surface area contributed by atoms with Crippen LogP contribution >= 0.6 is 34.2 Å².